The maximum Gasteiger partial charge on any atom is 0.119 e. The molecule has 0 saturated carbocycles. The topological polar surface area (TPSA) is 29.5 Å². The number of hydrogen-bond donors (Lipinski definition) is 1. The van der Waals surface area contributed by atoms with Crippen LogP contribution in [0, 0.1) is 11.8 Å². The van der Waals surface area contributed by atoms with Crippen LogP contribution in [-0.2, 0) is 6.61 Å². The molecule has 2 aromatic rings. The van der Waals surface area contributed by atoms with Gasteiger partial charge in [0.1, 0.15) is 12.4 Å². The number of benzene rings is 2. The van der Waals surface area contributed by atoms with E-state index >= 15 is 0 Å². The molecule has 0 spiro atoms. The first-order valence-electron chi connectivity index (χ1n) is 6.35. The fraction of sp³-hybridized carbons (Fsp3) is 0.176. The first kappa shape index (κ1) is 14.5. The molecule has 0 atom stereocenters. The third-order valence-electron chi connectivity index (χ3n) is 2.64. The third kappa shape index (κ3) is 4.62. The molecule has 1 N–H and O–H groups in total. The van der Waals surface area contributed by atoms with Crippen molar-refractivity contribution < 1.29 is 9.84 Å². The highest BCUT2D eigenvalue weighted by atomic mass is 35.5. The molecule has 0 unspecified atom stereocenters. The van der Waals surface area contributed by atoms with Crippen molar-refractivity contribution in [1.29, 1.82) is 0 Å². The summed E-state index contributed by atoms with van der Waals surface area (Å²) in [5.74, 6) is 6.67. The average molecular weight is 287 g/mol. The zero-order valence-electron chi connectivity index (χ0n) is 11.0. The second-order valence-corrected chi connectivity index (χ2v) is 4.65. The smallest absolute Gasteiger partial charge is 0.119 e. The number of ether oxygens (including phenoxy) is 1. The zero-order chi connectivity index (χ0) is 14.2. The molecule has 0 aromatic heterocycles. The molecule has 102 valence electrons. The summed E-state index contributed by atoms with van der Waals surface area (Å²) in [5.41, 5.74) is 2.02. The van der Waals surface area contributed by atoms with Gasteiger partial charge in [-0.2, -0.15) is 0 Å². The van der Waals surface area contributed by atoms with Crippen molar-refractivity contribution in [2.24, 2.45) is 0 Å². The van der Waals surface area contributed by atoms with E-state index in [-0.39, 0.29) is 6.61 Å². The SMILES string of the molecule is OCCC#Cc1ccc(COc2ccc(Cl)cc2)cc1. The van der Waals surface area contributed by atoms with Crippen LogP contribution < -0.4 is 4.74 Å². The van der Waals surface area contributed by atoms with Crippen molar-refractivity contribution in [3.05, 3.63) is 64.7 Å². The molecule has 0 amide bonds. The van der Waals surface area contributed by atoms with Crippen molar-refractivity contribution in [3.63, 3.8) is 0 Å². The summed E-state index contributed by atoms with van der Waals surface area (Å²) in [6.45, 7) is 0.603. The molecular formula is C17H15ClO2. The minimum Gasteiger partial charge on any atom is -0.489 e. The predicted octanol–water partition coefficient (Wildman–Crippen LogP) is 3.65. The largest absolute Gasteiger partial charge is 0.489 e. The maximum atomic E-state index is 8.66. The highest BCUT2D eigenvalue weighted by Crippen LogP contribution is 2.17. The Kier molecular flexibility index (Phi) is 5.49. The second-order valence-electron chi connectivity index (χ2n) is 4.21. The summed E-state index contributed by atoms with van der Waals surface area (Å²) in [5, 5.41) is 9.35. The average Bonchev–Trinajstić information content (AvgIpc) is 2.48. The van der Waals surface area contributed by atoms with Crippen molar-refractivity contribution in [3.8, 4) is 17.6 Å². The van der Waals surface area contributed by atoms with E-state index in [1.54, 1.807) is 12.1 Å². The quantitative estimate of drug-likeness (QED) is 0.869. The van der Waals surface area contributed by atoms with Crippen molar-refractivity contribution >= 4 is 11.6 Å². The molecular weight excluding hydrogens is 272 g/mol. The van der Waals surface area contributed by atoms with Crippen LogP contribution in [0.1, 0.15) is 17.5 Å². The molecule has 2 aromatic carbocycles. The van der Waals surface area contributed by atoms with E-state index < -0.39 is 0 Å². The molecule has 20 heavy (non-hydrogen) atoms. The van der Waals surface area contributed by atoms with Gasteiger partial charge in [-0.3, -0.25) is 0 Å². The minimum absolute atomic E-state index is 0.0972. The van der Waals surface area contributed by atoms with Gasteiger partial charge < -0.3 is 9.84 Å². The number of rotatable bonds is 4. The number of halogens is 1. The van der Waals surface area contributed by atoms with Crippen molar-refractivity contribution in [2.45, 2.75) is 13.0 Å². The van der Waals surface area contributed by atoms with Gasteiger partial charge >= 0.3 is 0 Å². The number of hydrogen-bond acceptors (Lipinski definition) is 2. The predicted molar refractivity (Wildman–Crippen MR) is 80.8 cm³/mol. The van der Waals surface area contributed by atoms with E-state index in [1.165, 1.54) is 0 Å². The molecule has 0 aliphatic carbocycles. The summed E-state index contributed by atoms with van der Waals surface area (Å²) in [6, 6.07) is 15.2. The molecule has 0 radical (unpaired) electrons. The zero-order valence-corrected chi connectivity index (χ0v) is 11.7. The van der Waals surface area contributed by atoms with Crippen LogP contribution in [0.5, 0.6) is 5.75 Å². The maximum absolute atomic E-state index is 8.66. The lowest BCUT2D eigenvalue weighted by atomic mass is 10.1. The summed E-state index contributed by atoms with van der Waals surface area (Å²) in [6.07, 6.45) is 0.501. The summed E-state index contributed by atoms with van der Waals surface area (Å²) in [7, 11) is 0. The molecule has 2 nitrogen and oxygen atoms in total. The molecule has 0 saturated heterocycles. The van der Waals surface area contributed by atoms with E-state index in [9.17, 15) is 0 Å². The van der Waals surface area contributed by atoms with Crippen LogP contribution in [0.25, 0.3) is 0 Å². The first-order chi connectivity index (χ1) is 9.78. The Labute approximate surface area is 124 Å². The normalized spacial score (nSPS) is 9.70. The Hall–Kier alpha value is -1.95. The first-order valence-corrected chi connectivity index (χ1v) is 6.73. The molecule has 2 rings (SSSR count). The Morgan fingerprint density at radius 1 is 1.00 bits per heavy atom. The van der Waals surface area contributed by atoms with Gasteiger partial charge in [-0.25, -0.2) is 0 Å². The van der Waals surface area contributed by atoms with Gasteiger partial charge in [0.2, 0.25) is 0 Å². The lowest BCUT2D eigenvalue weighted by Gasteiger charge is -2.06. The van der Waals surface area contributed by atoms with Crippen LogP contribution >= 0.6 is 11.6 Å². The van der Waals surface area contributed by atoms with E-state index in [0.29, 0.717) is 18.1 Å². The van der Waals surface area contributed by atoms with Gasteiger partial charge in [-0.15, -0.1) is 0 Å². The third-order valence-corrected chi connectivity index (χ3v) is 2.89. The monoisotopic (exact) mass is 286 g/mol. The van der Waals surface area contributed by atoms with Crippen LogP contribution in [-0.4, -0.2) is 11.7 Å². The molecule has 0 aliphatic rings. The van der Waals surface area contributed by atoms with Gasteiger partial charge in [0.05, 0.1) is 6.61 Å². The summed E-state index contributed by atoms with van der Waals surface area (Å²) < 4.78 is 5.66. The Morgan fingerprint density at radius 3 is 2.35 bits per heavy atom. The van der Waals surface area contributed by atoms with Crippen molar-refractivity contribution in [1.82, 2.24) is 0 Å². The van der Waals surface area contributed by atoms with Crippen LogP contribution in [0.2, 0.25) is 5.02 Å². The van der Waals surface area contributed by atoms with E-state index in [2.05, 4.69) is 11.8 Å². The molecule has 0 heterocycles. The van der Waals surface area contributed by atoms with Gasteiger partial charge in [-0.1, -0.05) is 35.6 Å². The van der Waals surface area contributed by atoms with Gasteiger partial charge in [0.15, 0.2) is 0 Å². The van der Waals surface area contributed by atoms with Gasteiger partial charge in [0.25, 0.3) is 0 Å². The van der Waals surface area contributed by atoms with E-state index in [0.717, 1.165) is 16.9 Å². The number of aliphatic hydroxyl groups is 1. The molecule has 0 aliphatic heterocycles. The molecule has 3 heteroatoms. The molecule has 0 bridgehead atoms. The van der Waals surface area contributed by atoms with E-state index in [1.807, 2.05) is 36.4 Å². The highest BCUT2D eigenvalue weighted by Gasteiger charge is 1.96. The van der Waals surface area contributed by atoms with Gasteiger partial charge in [-0.05, 0) is 42.0 Å². The molecule has 0 fully saturated rings. The summed E-state index contributed by atoms with van der Waals surface area (Å²) >= 11 is 5.81. The van der Waals surface area contributed by atoms with Crippen LogP contribution in [0.15, 0.2) is 48.5 Å². The van der Waals surface area contributed by atoms with Crippen molar-refractivity contribution in [2.75, 3.05) is 6.61 Å². The van der Waals surface area contributed by atoms with Crippen LogP contribution in [0.4, 0.5) is 0 Å². The number of aliphatic hydroxyl groups excluding tert-OH is 1. The second kappa shape index (κ2) is 7.59. The van der Waals surface area contributed by atoms with Gasteiger partial charge in [0, 0.05) is 17.0 Å². The fourth-order valence-electron chi connectivity index (χ4n) is 1.60. The Balaban J connectivity index is 1.91. The fourth-order valence-corrected chi connectivity index (χ4v) is 1.73. The lowest BCUT2D eigenvalue weighted by molar-refractivity contribution is 0.305. The Morgan fingerprint density at radius 2 is 1.70 bits per heavy atom. The highest BCUT2D eigenvalue weighted by molar-refractivity contribution is 6.30. The van der Waals surface area contributed by atoms with Crippen LogP contribution in [0.3, 0.4) is 0 Å². The summed E-state index contributed by atoms with van der Waals surface area (Å²) in [4.78, 5) is 0. The Bertz CT molecular complexity index is 592. The van der Waals surface area contributed by atoms with E-state index in [4.69, 9.17) is 21.4 Å². The standard InChI is InChI=1S/C17H15ClO2/c18-16-8-10-17(11-9-16)20-13-15-6-4-14(5-7-15)3-1-2-12-19/h4-11,19H,2,12-13H2. The minimum atomic E-state index is 0.0972. The lowest BCUT2D eigenvalue weighted by Crippen LogP contribution is -1.95.